The predicted molar refractivity (Wildman–Crippen MR) is 84.6 cm³/mol. The van der Waals surface area contributed by atoms with Gasteiger partial charge < -0.3 is 15.5 Å². The Kier molecular flexibility index (Phi) is 6.31. The topological polar surface area (TPSA) is 62.2 Å². The van der Waals surface area contributed by atoms with Crippen molar-refractivity contribution in [2.45, 2.75) is 39.3 Å². The first-order valence-corrected chi connectivity index (χ1v) is 6.96. The zero-order chi connectivity index (χ0) is 15.1. The van der Waals surface area contributed by atoms with Crippen LogP contribution in [0, 0.1) is 5.41 Å². The van der Waals surface area contributed by atoms with Crippen molar-refractivity contribution in [1.82, 2.24) is 5.32 Å². The molecule has 0 heterocycles. The van der Waals surface area contributed by atoms with Gasteiger partial charge in [0.2, 0.25) is 0 Å². The van der Waals surface area contributed by atoms with Crippen molar-refractivity contribution in [3.8, 4) is 0 Å². The summed E-state index contributed by atoms with van der Waals surface area (Å²) in [5.74, 6) is 0. The first-order chi connectivity index (χ1) is 9.45. The second-order valence-corrected chi connectivity index (χ2v) is 5.06. The highest BCUT2D eigenvalue weighted by Crippen LogP contribution is 2.16. The molecule has 4 nitrogen and oxygen atoms in total. The van der Waals surface area contributed by atoms with Gasteiger partial charge in [-0.1, -0.05) is 49.5 Å². The highest BCUT2D eigenvalue weighted by molar-refractivity contribution is 7.80. The number of hydrogen-bond acceptors (Lipinski definition) is 4. The summed E-state index contributed by atoms with van der Waals surface area (Å²) < 4.78 is 5.31. The Labute approximate surface area is 125 Å². The van der Waals surface area contributed by atoms with Gasteiger partial charge in [-0.3, -0.25) is 0 Å². The lowest BCUT2D eigenvalue weighted by Gasteiger charge is -2.20. The van der Waals surface area contributed by atoms with Crippen LogP contribution < -0.4 is 5.32 Å². The number of nitrogens with one attached hydrogen (secondary N) is 2. The molecule has 0 saturated heterocycles. The molecule has 0 saturated carbocycles. The minimum atomic E-state index is -0.561. The smallest absolute Gasteiger partial charge is 0.408 e. The Balaban J connectivity index is 2.62. The first-order valence-electron chi connectivity index (χ1n) is 6.55. The Morgan fingerprint density at radius 2 is 2.00 bits per heavy atom. The summed E-state index contributed by atoms with van der Waals surface area (Å²) >= 11 is 5.17. The second kappa shape index (κ2) is 7.75. The van der Waals surface area contributed by atoms with Crippen LogP contribution in [-0.4, -0.2) is 22.7 Å². The van der Waals surface area contributed by atoms with E-state index in [0.29, 0.717) is 17.0 Å². The maximum atomic E-state index is 11.9. The van der Waals surface area contributed by atoms with Gasteiger partial charge in [0.15, 0.2) is 0 Å². The average Bonchev–Trinajstić information content (AvgIpc) is 2.44. The SMILES string of the molecule is CCC(=S)C(NC(=O)OC(C)c1ccccc1)C(C)=N. The summed E-state index contributed by atoms with van der Waals surface area (Å²) in [6.45, 7) is 5.32. The maximum Gasteiger partial charge on any atom is 0.408 e. The molecule has 2 atom stereocenters. The molecule has 0 spiro atoms. The van der Waals surface area contributed by atoms with E-state index in [1.807, 2.05) is 37.3 Å². The number of rotatable bonds is 6. The zero-order valence-corrected chi connectivity index (χ0v) is 12.8. The third kappa shape index (κ3) is 4.74. The lowest BCUT2D eigenvalue weighted by Crippen LogP contribution is -2.44. The highest BCUT2D eigenvalue weighted by Gasteiger charge is 2.20. The van der Waals surface area contributed by atoms with Crippen molar-refractivity contribution in [2.24, 2.45) is 0 Å². The molecule has 0 aliphatic carbocycles. The van der Waals surface area contributed by atoms with Crippen LogP contribution in [0.15, 0.2) is 30.3 Å². The Morgan fingerprint density at radius 1 is 1.40 bits per heavy atom. The maximum absolute atomic E-state index is 11.9. The minimum Gasteiger partial charge on any atom is -0.442 e. The molecule has 0 bridgehead atoms. The van der Waals surface area contributed by atoms with Crippen molar-refractivity contribution in [3.63, 3.8) is 0 Å². The molecule has 1 aromatic rings. The molecular formula is C15H20N2O2S. The molecule has 0 aliphatic heterocycles. The molecule has 0 aromatic heterocycles. The van der Waals surface area contributed by atoms with E-state index in [1.165, 1.54) is 0 Å². The van der Waals surface area contributed by atoms with Crippen LogP contribution in [0.25, 0.3) is 0 Å². The Morgan fingerprint density at radius 3 is 2.50 bits per heavy atom. The van der Waals surface area contributed by atoms with Gasteiger partial charge in [0.25, 0.3) is 0 Å². The van der Waals surface area contributed by atoms with Gasteiger partial charge >= 0.3 is 6.09 Å². The molecule has 0 radical (unpaired) electrons. The van der Waals surface area contributed by atoms with Gasteiger partial charge in [-0.15, -0.1) is 0 Å². The van der Waals surface area contributed by atoms with E-state index in [1.54, 1.807) is 13.8 Å². The quantitative estimate of drug-likeness (QED) is 0.621. The summed E-state index contributed by atoms with van der Waals surface area (Å²) in [4.78, 5) is 12.5. The van der Waals surface area contributed by atoms with Gasteiger partial charge in [-0.25, -0.2) is 4.79 Å². The molecule has 1 amide bonds. The van der Waals surface area contributed by atoms with Crippen LogP contribution in [0.1, 0.15) is 38.9 Å². The van der Waals surface area contributed by atoms with E-state index in [9.17, 15) is 4.79 Å². The van der Waals surface area contributed by atoms with Crippen LogP contribution >= 0.6 is 12.2 Å². The van der Waals surface area contributed by atoms with E-state index in [-0.39, 0.29) is 6.10 Å². The number of ether oxygens (including phenoxy) is 1. The summed E-state index contributed by atoms with van der Waals surface area (Å²) in [7, 11) is 0. The molecule has 20 heavy (non-hydrogen) atoms. The summed E-state index contributed by atoms with van der Waals surface area (Å²) in [5, 5.41) is 10.3. The van der Waals surface area contributed by atoms with Crippen molar-refractivity contribution >= 4 is 28.9 Å². The van der Waals surface area contributed by atoms with Crippen molar-refractivity contribution in [1.29, 1.82) is 5.41 Å². The number of alkyl carbamates (subject to hydrolysis) is 1. The van der Waals surface area contributed by atoms with E-state index in [4.69, 9.17) is 22.4 Å². The largest absolute Gasteiger partial charge is 0.442 e. The Bertz CT molecular complexity index is 488. The molecule has 108 valence electrons. The van der Waals surface area contributed by atoms with Crippen molar-refractivity contribution < 1.29 is 9.53 Å². The zero-order valence-electron chi connectivity index (χ0n) is 12.0. The van der Waals surface area contributed by atoms with Crippen LogP contribution in [0.5, 0.6) is 0 Å². The molecule has 1 rings (SSSR count). The molecule has 1 aromatic carbocycles. The van der Waals surface area contributed by atoms with Gasteiger partial charge in [-0.05, 0) is 25.8 Å². The van der Waals surface area contributed by atoms with Crippen LogP contribution in [-0.2, 0) is 4.74 Å². The number of thiocarbonyl (C=S) groups is 1. The number of carbonyl (C=O) groups is 1. The van der Waals surface area contributed by atoms with E-state index >= 15 is 0 Å². The fraction of sp³-hybridized carbons (Fsp3) is 0.400. The summed E-state index contributed by atoms with van der Waals surface area (Å²) in [6, 6.07) is 8.95. The number of hydrogen-bond donors (Lipinski definition) is 2. The average molecular weight is 292 g/mol. The third-order valence-electron chi connectivity index (χ3n) is 2.92. The number of amides is 1. The lowest BCUT2D eigenvalue weighted by atomic mass is 10.1. The van der Waals surface area contributed by atoms with E-state index in [2.05, 4.69) is 5.32 Å². The molecule has 0 fully saturated rings. The van der Waals surface area contributed by atoms with Gasteiger partial charge in [0.05, 0.1) is 0 Å². The van der Waals surface area contributed by atoms with Crippen LogP contribution in [0.2, 0.25) is 0 Å². The van der Waals surface area contributed by atoms with Crippen molar-refractivity contribution in [2.75, 3.05) is 0 Å². The highest BCUT2D eigenvalue weighted by atomic mass is 32.1. The molecular weight excluding hydrogens is 272 g/mol. The fourth-order valence-electron chi connectivity index (χ4n) is 1.74. The molecule has 5 heteroatoms. The molecule has 2 N–H and O–H groups in total. The normalized spacial score (nSPS) is 13.2. The van der Waals surface area contributed by atoms with Gasteiger partial charge in [0.1, 0.15) is 12.1 Å². The van der Waals surface area contributed by atoms with E-state index < -0.39 is 12.1 Å². The first kappa shape index (κ1) is 16.3. The van der Waals surface area contributed by atoms with Gasteiger partial charge in [-0.2, -0.15) is 0 Å². The van der Waals surface area contributed by atoms with E-state index in [0.717, 1.165) is 5.56 Å². The van der Waals surface area contributed by atoms with Crippen LogP contribution in [0.4, 0.5) is 4.79 Å². The molecule has 0 aliphatic rings. The number of benzene rings is 1. The predicted octanol–water partition coefficient (Wildman–Crippen LogP) is 3.66. The third-order valence-corrected chi connectivity index (χ3v) is 3.44. The summed E-state index contributed by atoms with van der Waals surface area (Å²) in [5.41, 5.74) is 1.23. The Hall–Kier alpha value is -1.75. The lowest BCUT2D eigenvalue weighted by molar-refractivity contribution is 0.107. The van der Waals surface area contributed by atoms with Crippen molar-refractivity contribution in [3.05, 3.63) is 35.9 Å². The molecule has 2 unspecified atom stereocenters. The summed E-state index contributed by atoms with van der Waals surface area (Å²) in [6.07, 6.45) is -0.281. The number of carbonyl (C=O) groups excluding carboxylic acids is 1. The fourth-order valence-corrected chi connectivity index (χ4v) is 1.97. The standard InChI is InChI=1S/C15H20N2O2S/c1-4-13(20)14(10(2)16)17-15(18)19-11(3)12-8-6-5-7-9-12/h5-9,11,14,16H,4H2,1-3H3,(H,17,18). The monoisotopic (exact) mass is 292 g/mol. The minimum absolute atomic E-state index is 0.307. The second-order valence-electron chi connectivity index (χ2n) is 4.54. The van der Waals surface area contributed by atoms with Crippen LogP contribution in [0.3, 0.4) is 0 Å². The van der Waals surface area contributed by atoms with Gasteiger partial charge in [0, 0.05) is 10.6 Å².